The van der Waals surface area contributed by atoms with E-state index in [1.54, 1.807) is 0 Å². The van der Waals surface area contributed by atoms with Crippen LogP contribution in [0.25, 0.3) is 0 Å². The zero-order valence-corrected chi connectivity index (χ0v) is 8.84. The maximum atomic E-state index is 12.7. The van der Waals surface area contributed by atoms with Crippen molar-refractivity contribution in [3.05, 3.63) is 28.6 Å². The van der Waals surface area contributed by atoms with Gasteiger partial charge in [0.1, 0.15) is 6.10 Å². The topological polar surface area (TPSA) is 68.5 Å². The number of aryl methyl sites for hydroxylation is 1. The minimum Gasteiger partial charge on any atom is -0.368 e. The van der Waals surface area contributed by atoms with E-state index in [-0.39, 0.29) is 23.4 Å². The molecule has 1 aromatic heterocycles. The SMILES string of the molecule is Cc1nc(C(F)(F)F)c(C2CO2)cc1C(N)=O. The Morgan fingerprint density at radius 3 is 2.59 bits per heavy atom. The fraction of sp³-hybridized carbons (Fsp3) is 0.400. The molecule has 0 radical (unpaired) electrons. The van der Waals surface area contributed by atoms with Gasteiger partial charge in [0.15, 0.2) is 5.69 Å². The molecule has 0 bridgehead atoms. The first kappa shape index (κ1) is 11.8. The lowest BCUT2D eigenvalue weighted by molar-refractivity contribution is -0.142. The predicted molar refractivity (Wildman–Crippen MR) is 51.2 cm³/mol. The molecule has 1 unspecified atom stereocenters. The highest BCUT2D eigenvalue weighted by atomic mass is 19.4. The molecular formula is C10H9F3N2O2. The van der Waals surface area contributed by atoms with E-state index in [0.717, 1.165) is 6.07 Å². The van der Waals surface area contributed by atoms with Crippen LogP contribution in [-0.2, 0) is 10.9 Å². The van der Waals surface area contributed by atoms with Gasteiger partial charge in [0, 0.05) is 5.56 Å². The summed E-state index contributed by atoms with van der Waals surface area (Å²) >= 11 is 0. The predicted octanol–water partition coefficient (Wildman–Crippen LogP) is 1.58. The van der Waals surface area contributed by atoms with Gasteiger partial charge < -0.3 is 10.5 Å². The summed E-state index contributed by atoms with van der Waals surface area (Å²) in [4.78, 5) is 14.5. The largest absolute Gasteiger partial charge is 0.433 e. The quantitative estimate of drug-likeness (QED) is 0.805. The van der Waals surface area contributed by atoms with Gasteiger partial charge in [-0.3, -0.25) is 4.79 Å². The van der Waals surface area contributed by atoms with E-state index in [2.05, 4.69) is 4.98 Å². The molecule has 92 valence electrons. The Morgan fingerprint density at radius 2 is 2.18 bits per heavy atom. The number of nitrogens with zero attached hydrogens (tertiary/aromatic N) is 1. The van der Waals surface area contributed by atoms with E-state index in [9.17, 15) is 18.0 Å². The number of ether oxygens (including phenoxy) is 1. The van der Waals surface area contributed by atoms with Crippen LogP contribution < -0.4 is 5.73 Å². The molecule has 1 aliphatic rings. The Balaban J connectivity index is 2.60. The lowest BCUT2D eigenvalue weighted by Gasteiger charge is -2.13. The summed E-state index contributed by atoms with van der Waals surface area (Å²) in [6, 6.07) is 1.12. The van der Waals surface area contributed by atoms with Gasteiger partial charge in [-0.15, -0.1) is 0 Å². The second-order valence-corrected chi connectivity index (χ2v) is 3.74. The third-order valence-electron chi connectivity index (χ3n) is 2.46. The number of primary amides is 1. The van der Waals surface area contributed by atoms with Gasteiger partial charge in [-0.25, -0.2) is 4.98 Å². The lowest BCUT2D eigenvalue weighted by Crippen LogP contribution is -2.19. The highest BCUT2D eigenvalue weighted by molar-refractivity contribution is 5.94. The van der Waals surface area contributed by atoms with Crippen LogP contribution in [0.2, 0.25) is 0 Å². The fourth-order valence-corrected chi connectivity index (χ4v) is 1.57. The second kappa shape index (κ2) is 3.69. The molecule has 1 aliphatic heterocycles. The summed E-state index contributed by atoms with van der Waals surface area (Å²) < 4.78 is 43.0. The number of carbonyl (C=O) groups is 1. The normalized spacial score (nSPS) is 19.2. The van der Waals surface area contributed by atoms with Crippen LogP contribution >= 0.6 is 0 Å². The third-order valence-corrected chi connectivity index (χ3v) is 2.46. The summed E-state index contributed by atoms with van der Waals surface area (Å²) in [6.45, 7) is 1.51. The Kier molecular flexibility index (Phi) is 2.57. The van der Waals surface area contributed by atoms with E-state index in [1.807, 2.05) is 0 Å². The van der Waals surface area contributed by atoms with Crippen molar-refractivity contribution in [2.24, 2.45) is 5.73 Å². The molecule has 2 N–H and O–H groups in total. The number of aromatic nitrogens is 1. The van der Waals surface area contributed by atoms with E-state index < -0.39 is 23.9 Å². The lowest BCUT2D eigenvalue weighted by atomic mass is 10.0. The second-order valence-electron chi connectivity index (χ2n) is 3.74. The monoisotopic (exact) mass is 246 g/mol. The number of epoxide rings is 1. The maximum absolute atomic E-state index is 12.7. The molecule has 7 heteroatoms. The number of hydrogen-bond acceptors (Lipinski definition) is 3. The van der Waals surface area contributed by atoms with Gasteiger partial charge in [0.2, 0.25) is 0 Å². The van der Waals surface area contributed by atoms with Gasteiger partial charge in [-0.1, -0.05) is 0 Å². The first-order valence-electron chi connectivity index (χ1n) is 4.81. The van der Waals surface area contributed by atoms with Crippen LogP contribution in [0.15, 0.2) is 6.07 Å². The minimum atomic E-state index is -4.57. The molecule has 1 fully saturated rings. The molecule has 0 spiro atoms. The molecule has 17 heavy (non-hydrogen) atoms. The van der Waals surface area contributed by atoms with Crippen molar-refractivity contribution in [2.45, 2.75) is 19.2 Å². The van der Waals surface area contributed by atoms with Crippen molar-refractivity contribution in [1.29, 1.82) is 0 Å². The van der Waals surface area contributed by atoms with Gasteiger partial charge in [0.25, 0.3) is 5.91 Å². The Morgan fingerprint density at radius 1 is 1.59 bits per heavy atom. The molecule has 1 aromatic rings. The zero-order valence-electron chi connectivity index (χ0n) is 8.84. The van der Waals surface area contributed by atoms with Crippen LogP contribution in [0.4, 0.5) is 13.2 Å². The van der Waals surface area contributed by atoms with Crippen LogP contribution in [0.3, 0.4) is 0 Å². The average Bonchev–Trinajstić information content (AvgIpc) is 2.98. The third kappa shape index (κ3) is 2.23. The van der Waals surface area contributed by atoms with Gasteiger partial charge in [-0.2, -0.15) is 13.2 Å². The van der Waals surface area contributed by atoms with E-state index in [4.69, 9.17) is 10.5 Å². The minimum absolute atomic E-state index is 0.0106. The molecule has 2 rings (SSSR count). The van der Waals surface area contributed by atoms with Crippen molar-refractivity contribution in [2.75, 3.05) is 6.61 Å². The Bertz CT molecular complexity index is 481. The molecule has 2 heterocycles. The number of pyridine rings is 1. The number of alkyl halides is 3. The molecule has 1 atom stereocenters. The van der Waals surface area contributed by atoms with Crippen LogP contribution in [0.1, 0.15) is 33.4 Å². The molecular weight excluding hydrogens is 237 g/mol. The van der Waals surface area contributed by atoms with Crippen LogP contribution in [0.5, 0.6) is 0 Å². The number of nitrogens with two attached hydrogens (primary N) is 1. The summed E-state index contributed by atoms with van der Waals surface area (Å²) in [5.74, 6) is -0.800. The number of amides is 1. The highest BCUT2D eigenvalue weighted by Gasteiger charge is 2.41. The number of halogens is 3. The summed E-state index contributed by atoms with van der Waals surface area (Å²) in [5.41, 5.74) is 3.88. The summed E-state index contributed by atoms with van der Waals surface area (Å²) in [7, 11) is 0. The molecule has 1 saturated heterocycles. The fourth-order valence-electron chi connectivity index (χ4n) is 1.57. The average molecular weight is 246 g/mol. The smallest absolute Gasteiger partial charge is 0.368 e. The molecule has 0 aliphatic carbocycles. The summed E-state index contributed by atoms with van der Waals surface area (Å²) in [6.07, 6.45) is -5.21. The molecule has 4 nitrogen and oxygen atoms in total. The van der Waals surface area contributed by atoms with Crippen molar-refractivity contribution < 1.29 is 22.7 Å². The zero-order chi connectivity index (χ0) is 12.8. The molecule has 0 aromatic carbocycles. The van der Waals surface area contributed by atoms with E-state index >= 15 is 0 Å². The first-order chi connectivity index (χ1) is 7.80. The number of rotatable bonds is 2. The van der Waals surface area contributed by atoms with Crippen molar-refractivity contribution in [3.63, 3.8) is 0 Å². The standard InChI is InChI=1S/C10H9F3N2O2/c1-4-5(9(14)16)2-6(7-3-17-7)8(15-4)10(11,12)13/h2,7H,3H2,1H3,(H2,14,16). The molecule has 1 amide bonds. The Hall–Kier alpha value is -1.63. The van der Waals surface area contributed by atoms with Gasteiger partial charge >= 0.3 is 6.18 Å². The highest BCUT2D eigenvalue weighted by Crippen LogP contribution is 2.39. The van der Waals surface area contributed by atoms with Crippen molar-refractivity contribution in [3.8, 4) is 0 Å². The Labute approximate surface area is 94.6 Å². The van der Waals surface area contributed by atoms with Crippen molar-refractivity contribution >= 4 is 5.91 Å². The number of hydrogen-bond donors (Lipinski definition) is 1. The van der Waals surface area contributed by atoms with Crippen LogP contribution in [0, 0.1) is 6.92 Å². The van der Waals surface area contributed by atoms with E-state index in [1.165, 1.54) is 6.92 Å². The maximum Gasteiger partial charge on any atom is 0.433 e. The summed E-state index contributed by atoms with van der Waals surface area (Å²) in [5, 5.41) is 0. The number of carbonyl (C=O) groups excluding carboxylic acids is 1. The van der Waals surface area contributed by atoms with Gasteiger partial charge in [0.05, 0.1) is 17.9 Å². The van der Waals surface area contributed by atoms with E-state index in [0.29, 0.717) is 0 Å². The van der Waals surface area contributed by atoms with Crippen LogP contribution in [-0.4, -0.2) is 17.5 Å². The van der Waals surface area contributed by atoms with Crippen molar-refractivity contribution in [1.82, 2.24) is 4.98 Å². The first-order valence-corrected chi connectivity index (χ1v) is 4.81. The molecule has 0 saturated carbocycles. The van der Waals surface area contributed by atoms with Gasteiger partial charge in [-0.05, 0) is 13.0 Å².